The Balaban J connectivity index is 1.66. The number of aliphatic hydroxyl groups is 1. The van der Waals surface area contributed by atoms with E-state index in [1.165, 1.54) is 12.1 Å². The fraction of sp³-hybridized carbons (Fsp3) is 0.158. The summed E-state index contributed by atoms with van der Waals surface area (Å²) in [6, 6.07) is 15.4. The van der Waals surface area contributed by atoms with Gasteiger partial charge in [-0.2, -0.15) is 5.10 Å². The third-order valence-electron chi connectivity index (χ3n) is 4.15. The predicted octanol–water partition coefficient (Wildman–Crippen LogP) is 2.19. The first kappa shape index (κ1) is 17.0. The Hall–Kier alpha value is -3.39. The highest BCUT2D eigenvalue weighted by Gasteiger charge is 2.19. The molecule has 0 aliphatic rings. The SMILES string of the molecule is O[C@@H](c1ccccc1)c1nc(Cn2ccnn2)n(Cc2ccc(F)cc2)n1. The van der Waals surface area contributed by atoms with Crippen molar-refractivity contribution in [1.82, 2.24) is 29.8 Å². The molecule has 2 aromatic heterocycles. The largest absolute Gasteiger partial charge is 0.380 e. The van der Waals surface area contributed by atoms with Crippen LogP contribution in [0.3, 0.4) is 0 Å². The van der Waals surface area contributed by atoms with Crippen LogP contribution >= 0.6 is 0 Å². The highest BCUT2D eigenvalue weighted by molar-refractivity contribution is 5.23. The molecule has 4 aromatic rings. The highest BCUT2D eigenvalue weighted by Crippen LogP contribution is 2.20. The van der Waals surface area contributed by atoms with Crippen molar-refractivity contribution in [3.05, 3.63) is 95.6 Å². The topological polar surface area (TPSA) is 81.7 Å². The Labute approximate surface area is 154 Å². The molecule has 0 unspecified atom stereocenters. The number of hydrogen-bond donors (Lipinski definition) is 1. The quantitative estimate of drug-likeness (QED) is 0.567. The lowest BCUT2D eigenvalue weighted by Crippen LogP contribution is -2.11. The van der Waals surface area contributed by atoms with Crippen molar-refractivity contribution in [3.63, 3.8) is 0 Å². The predicted molar refractivity (Wildman–Crippen MR) is 95.2 cm³/mol. The van der Waals surface area contributed by atoms with E-state index < -0.39 is 6.10 Å². The molecule has 0 saturated heterocycles. The van der Waals surface area contributed by atoms with Crippen LogP contribution in [0.2, 0.25) is 0 Å². The molecule has 1 atom stereocenters. The van der Waals surface area contributed by atoms with Gasteiger partial charge in [0.25, 0.3) is 0 Å². The summed E-state index contributed by atoms with van der Waals surface area (Å²) in [5, 5.41) is 22.9. The fourth-order valence-electron chi connectivity index (χ4n) is 2.76. The molecule has 0 bridgehead atoms. The van der Waals surface area contributed by atoms with Crippen molar-refractivity contribution < 1.29 is 9.50 Å². The van der Waals surface area contributed by atoms with E-state index in [9.17, 15) is 9.50 Å². The van der Waals surface area contributed by atoms with Crippen molar-refractivity contribution in [1.29, 1.82) is 0 Å². The maximum Gasteiger partial charge on any atom is 0.184 e. The Bertz CT molecular complexity index is 999. The molecule has 27 heavy (non-hydrogen) atoms. The van der Waals surface area contributed by atoms with E-state index >= 15 is 0 Å². The molecule has 0 saturated carbocycles. The summed E-state index contributed by atoms with van der Waals surface area (Å²) in [5.41, 5.74) is 1.59. The van der Waals surface area contributed by atoms with E-state index in [0.29, 0.717) is 30.3 Å². The standard InChI is InChI=1S/C19H17FN6O/c20-16-8-6-14(7-9-16)12-26-17(13-25-11-10-21-24-25)22-19(23-26)18(27)15-4-2-1-3-5-15/h1-11,18,27H,12-13H2/t18-/m0/s1. The van der Waals surface area contributed by atoms with Gasteiger partial charge in [-0.3, -0.25) is 0 Å². The normalized spacial score (nSPS) is 12.2. The van der Waals surface area contributed by atoms with Crippen LogP contribution in [0.4, 0.5) is 4.39 Å². The molecule has 0 aliphatic heterocycles. The zero-order valence-electron chi connectivity index (χ0n) is 14.4. The Morgan fingerprint density at radius 1 is 1.00 bits per heavy atom. The summed E-state index contributed by atoms with van der Waals surface area (Å²) in [4.78, 5) is 4.51. The van der Waals surface area contributed by atoms with Gasteiger partial charge in [-0.25, -0.2) is 18.7 Å². The summed E-state index contributed by atoms with van der Waals surface area (Å²) in [6.07, 6.45) is 2.38. The number of aliphatic hydroxyl groups excluding tert-OH is 1. The molecule has 8 heteroatoms. The van der Waals surface area contributed by atoms with E-state index in [1.54, 1.807) is 33.9 Å². The van der Waals surface area contributed by atoms with Crippen molar-refractivity contribution in [3.8, 4) is 0 Å². The van der Waals surface area contributed by atoms with Crippen molar-refractivity contribution in [2.45, 2.75) is 19.2 Å². The minimum Gasteiger partial charge on any atom is -0.380 e. The number of aromatic nitrogens is 6. The zero-order chi connectivity index (χ0) is 18.6. The van der Waals surface area contributed by atoms with Gasteiger partial charge in [0.05, 0.1) is 12.7 Å². The van der Waals surface area contributed by atoms with Crippen LogP contribution in [0.5, 0.6) is 0 Å². The van der Waals surface area contributed by atoms with Gasteiger partial charge in [-0.15, -0.1) is 5.10 Å². The molecule has 2 heterocycles. The Morgan fingerprint density at radius 2 is 1.78 bits per heavy atom. The number of benzene rings is 2. The first-order valence-corrected chi connectivity index (χ1v) is 8.44. The van der Waals surface area contributed by atoms with Gasteiger partial charge in [-0.1, -0.05) is 47.7 Å². The van der Waals surface area contributed by atoms with Crippen molar-refractivity contribution >= 4 is 0 Å². The van der Waals surface area contributed by atoms with Gasteiger partial charge in [0.15, 0.2) is 5.82 Å². The van der Waals surface area contributed by atoms with Crippen LogP contribution in [0.15, 0.2) is 67.0 Å². The second kappa shape index (κ2) is 7.46. The van der Waals surface area contributed by atoms with E-state index in [-0.39, 0.29) is 5.82 Å². The monoisotopic (exact) mass is 364 g/mol. The van der Waals surface area contributed by atoms with Gasteiger partial charge < -0.3 is 5.11 Å². The Kier molecular flexibility index (Phi) is 4.71. The molecular weight excluding hydrogens is 347 g/mol. The van der Waals surface area contributed by atoms with Crippen LogP contribution in [-0.4, -0.2) is 34.9 Å². The maximum atomic E-state index is 13.2. The third kappa shape index (κ3) is 3.90. The molecule has 4 rings (SSSR count). The Morgan fingerprint density at radius 3 is 2.48 bits per heavy atom. The average Bonchev–Trinajstić information content (AvgIpc) is 3.34. The molecule has 0 aliphatic carbocycles. The van der Waals surface area contributed by atoms with E-state index in [2.05, 4.69) is 20.4 Å². The van der Waals surface area contributed by atoms with Gasteiger partial charge >= 0.3 is 0 Å². The minimum atomic E-state index is -0.935. The molecule has 1 N–H and O–H groups in total. The first-order chi connectivity index (χ1) is 13.2. The zero-order valence-corrected chi connectivity index (χ0v) is 14.4. The minimum absolute atomic E-state index is 0.291. The lowest BCUT2D eigenvalue weighted by molar-refractivity contribution is 0.209. The second-order valence-electron chi connectivity index (χ2n) is 6.08. The second-order valence-corrected chi connectivity index (χ2v) is 6.08. The molecular formula is C19H17FN6O. The first-order valence-electron chi connectivity index (χ1n) is 8.44. The average molecular weight is 364 g/mol. The molecule has 136 valence electrons. The number of halogens is 1. The van der Waals surface area contributed by atoms with E-state index in [1.807, 2.05) is 30.3 Å². The van der Waals surface area contributed by atoms with Crippen LogP contribution in [0, 0.1) is 5.82 Å². The van der Waals surface area contributed by atoms with Crippen LogP contribution in [-0.2, 0) is 13.1 Å². The van der Waals surface area contributed by atoms with Gasteiger partial charge in [0, 0.05) is 6.20 Å². The van der Waals surface area contributed by atoms with Gasteiger partial charge in [0.1, 0.15) is 24.3 Å². The molecule has 0 spiro atoms. The van der Waals surface area contributed by atoms with E-state index in [0.717, 1.165) is 5.56 Å². The molecule has 2 aromatic carbocycles. The van der Waals surface area contributed by atoms with Crippen molar-refractivity contribution in [2.75, 3.05) is 0 Å². The number of rotatable bonds is 6. The molecule has 0 radical (unpaired) electrons. The van der Waals surface area contributed by atoms with Crippen LogP contribution in [0.1, 0.15) is 28.9 Å². The number of nitrogens with zero attached hydrogens (tertiary/aromatic N) is 6. The lowest BCUT2D eigenvalue weighted by atomic mass is 10.1. The summed E-state index contributed by atoms with van der Waals surface area (Å²) in [5.74, 6) is 0.633. The molecule has 0 amide bonds. The van der Waals surface area contributed by atoms with Gasteiger partial charge in [-0.05, 0) is 23.3 Å². The van der Waals surface area contributed by atoms with Crippen molar-refractivity contribution in [2.24, 2.45) is 0 Å². The van der Waals surface area contributed by atoms with Gasteiger partial charge in [0.2, 0.25) is 0 Å². The molecule has 0 fully saturated rings. The smallest absolute Gasteiger partial charge is 0.184 e. The summed E-state index contributed by atoms with van der Waals surface area (Å²) in [6.45, 7) is 0.758. The summed E-state index contributed by atoms with van der Waals surface area (Å²) < 4.78 is 16.5. The number of hydrogen-bond acceptors (Lipinski definition) is 5. The third-order valence-corrected chi connectivity index (χ3v) is 4.15. The molecule has 7 nitrogen and oxygen atoms in total. The highest BCUT2D eigenvalue weighted by atomic mass is 19.1. The van der Waals surface area contributed by atoms with E-state index in [4.69, 9.17) is 0 Å². The summed E-state index contributed by atoms with van der Waals surface area (Å²) in [7, 11) is 0. The fourth-order valence-corrected chi connectivity index (χ4v) is 2.76. The van der Waals surface area contributed by atoms with Crippen LogP contribution in [0.25, 0.3) is 0 Å². The maximum absolute atomic E-state index is 13.2. The lowest BCUT2D eigenvalue weighted by Gasteiger charge is -2.07. The summed E-state index contributed by atoms with van der Waals surface area (Å²) >= 11 is 0. The van der Waals surface area contributed by atoms with Crippen LogP contribution < -0.4 is 0 Å².